The van der Waals surface area contributed by atoms with Gasteiger partial charge in [0.1, 0.15) is 6.33 Å². The molecule has 0 spiro atoms. The number of aromatic nitrogens is 5. The fourth-order valence-electron chi connectivity index (χ4n) is 5.84. The lowest BCUT2D eigenvalue weighted by Crippen LogP contribution is -2.43. The number of aryl methyl sites for hydroxylation is 3. The van der Waals surface area contributed by atoms with E-state index in [-0.39, 0.29) is 5.91 Å². The molecule has 8 nitrogen and oxygen atoms in total. The van der Waals surface area contributed by atoms with Gasteiger partial charge in [0.15, 0.2) is 5.82 Å². The highest BCUT2D eigenvalue weighted by atomic mass is 16.2. The second-order valence-electron chi connectivity index (χ2n) is 11.2. The molecule has 4 heterocycles. The second kappa shape index (κ2) is 10.7. The summed E-state index contributed by atoms with van der Waals surface area (Å²) in [6.07, 6.45) is 3.66. The quantitative estimate of drug-likeness (QED) is 0.379. The van der Waals surface area contributed by atoms with Gasteiger partial charge in [0.25, 0.3) is 0 Å². The lowest BCUT2D eigenvalue weighted by Gasteiger charge is -2.33. The fraction of sp³-hybridized carbons (Fsp3) is 0.467. The van der Waals surface area contributed by atoms with Crippen molar-refractivity contribution in [3.8, 4) is 11.3 Å². The van der Waals surface area contributed by atoms with Crippen LogP contribution >= 0.6 is 0 Å². The molecule has 1 aliphatic rings. The summed E-state index contributed by atoms with van der Waals surface area (Å²) in [6.45, 7) is 11.2. The summed E-state index contributed by atoms with van der Waals surface area (Å²) in [7, 11) is 3.80. The van der Waals surface area contributed by atoms with Crippen molar-refractivity contribution < 1.29 is 4.79 Å². The maximum atomic E-state index is 13.0. The number of amides is 1. The lowest BCUT2D eigenvalue weighted by molar-refractivity contribution is -0.133. The molecule has 8 heteroatoms. The van der Waals surface area contributed by atoms with Gasteiger partial charge >= 0.3 is 0 Å². The number of pyridine rings is 1. The van der Waals surface area contributed by atoms with E-state index in [1.54, 1.807) is 11.0 Å². The van der Waals surface area contributed by atoms with E-state index in [0.29, 0.717) is 24.9 Å². The van der Waals surface area contributed by atoms with Gasteiger partial charge < -0.3 is 9.88 Å². The van der Waals surface area contributed by atoms with Crippen LogP contribution in [0.25, 0.3) is 22.2 Å². The average molecular weight is 514 g/mol. The summed E-state index contributed by atoms with van der Waals surface area (Å²) >= 11 is 0. The van der Waals surface area contributed by atoms with Crippen molar-refractivity contribution in [3.63, 3.8) is 0 Å². The van der Waals surface area contributed by atoms with E-state index in [1.807, 2.05) is 23.9 Å². The zero-order valence-electron chi connectivity index (χ0n) is 23.5. The predicted octanol–water partition coefficient (Wildman–Crippen LogP) is 4.94. The number of aromatic amines is 1. The van der Waals surface area contributed by atoms with Gasteiger partial charge in [-0.15, -0.1) is 0 Å². The summed E-state index contributed by atoms with van der Waals surface area (Å²) in [5.74, 6) is 1.76. The number of hydrogen-bond donors (Lipinski definition) is 1. The smallest absolute Gasteiger partial charge is 0.236 e. The molecule has 1 aromatic carbocycles. The van der Waals surface area contributed by atoms with Crippen molar-refractivity contribution in [2.45, 2.75) is 58.9 Å². The molecule has 38 heavy (non-hydrogen) atoms. The third-order valence-electron chi connectivity index (χ3n) is 7.59. The summed E-state index contributed by atoms with van der Waals surface area (Å²) in [6, 6.07) is 11.2. The van der Waals surface area contributed by atoms with Gasteiger partial charge in [0.2, 0.25) is 5.91 Å². The number of piperidine rings is 1. The van der Waals surface area contributed by atoms with Crippen molar-refractivity contribution in [1.82, 2.24) is 34.5 Å². The summed E-state index contributed by atoms with van der Waals surface area (Å²) < 4.78 is 1.69. The van der Waals surface area contributed by atoms with Gasteiger partial charge in [-0.2, -0.15) is 5.10 Å². The third kappa shape index (κ3) is 5.50. The van der Waals surface area contributed by atoms with Crippen LogP contribution < -0.4 is 0 Å². The average Bonchev–Trinajstić information content (AvgIpc) is 3.46. The first-order chi connectivity index (χ1) is 18.2. The molecule has 0 aliphatic carbocycles. The lowest BCUT2D eigenvalue weighted by atomic mass is 9.87. The highest BCUT2D eigenvalue weighted by Gasteiger charge is 2.26. The number of H-pyrrole nitrogens is 1. The van der Waals surface area contributed by atoms with Crippen molar-refractivity contribution in [2.24, 2.45) is 7.05 Å². The first-order valence-electron chi connectivity index (χ1n) is 13.6. The Kier molecular flexibility index (Phi) is 7.34. The molecular formula is C30H39N7O. The Morgan fingerprint density at radius 3 is 2.47 bits per heavy atom. The Bertz CT molecular complexity index is 1420. The molecule has 1 fully saturated rings. The molecule has 1 amide bonds. The Morgan fingerprint density at radius 2 is 1.84 bits per heavy atom. The molecule has 0 bridgehead atoms. The number of carbonyl (C=O) groups excluding carboxylic acids is 1. The van der Waals surface area contributed by atoms with E-state index >= 15 is 0 Å². The molecule has 1 aliphatic heterocycles. The molecule has 4 aromatic rings. The van der Waals surface area contributed by atoms with Gasteiger partial charge in [-0.3, -0.25) is 19.4 Å². The Balaban J connectivity index is 1.28. The highest BCUT2D eigenvalue weighted by molar-refractivity contribution is 5.92. The minimum atomic E-state index is 0.178. The number of nitrogens with one attached hydrogen (secondary N) is 1. The molecular weight excluding hydrogens is 474 g/mol. The van der Waals surface area contributed by atoms with E-state index in [1.165, 1.54) is 33.3 Å². The summed E-state index contributed by atoms with van der Waals surface area (Å²) in [4.78, 5) is 29.5. The zero-order valence-corrected chi connectivity index (χ0v) is 23.5. The van der Waals surface area contributed by atoms with E-state index in [9.17, 15) is 4.79 Å². The number of rotatable bonds is 7. The first kappa shape index (κ1) is 26.1. The SMILES string of the molecule is Cc1cc(-c2[nH]c3ccc(C4CCN(C(=O)CN(C)Cc5ncn(C)n5)CC4)cc3c2C(C)C)cc(C)n1. The van der Waals surface area contributed by atoms with Crippen LogP contribution in [0.15, 0.2) is 36.7 Å². The standard InChI is InChI=1S/C30H39N7O/c1-19(2)29-25-15-23(7-8-26(25)33-30(29)24-13-20(3)32-21(4)14-24)22-9-11-37(12-10-22)28(38)17-35(5)16-27-31-18-36(6)34-27/h7-8,13-15,18-19,22,33H,9-12,16-17H2,1-6H3. The van der Waals surface area contributed by atoms with Crippen molar-refractivity contribution >= 4 is 16.8 Å². The minimum absolute atomic E-state index is 0.178. The third-order valence-corrected chi connectivity index (χ3v) is 7.59. The van der Waals surface area contributed by atoms with Crippen LogP contribution in [0.1, 0.15) is 66.9 Å². The fourth-order valence-corrected chi connectivity index (χ4v) is 5.84. The number of benzene rings is 1. The number of fused-ring (bicyclic) bond motifs is 1. The van der Waals surface area contributed by atoms with E-state index in [4.69, 9.17) is 0 Å². The van der Waals surface area contributed by atoms with Crippen LogP contribution in [0, 0.1) is 13.8 Å². The minimum Gasteiger partial charge on any atom is -0.354 e. The zero-order chi connectivity index (χ0) is 27.0. The van der Waals surface area contributed by atoms with Gasteiger partial charge in [-0.25, -0.2) is 4.98 Å². The Hall–Kier alpha value is -3.52. The number of likely N-dealkylation sites (N-methyl/N-ethyl adjacent to an activating group) is 1. The second-order valence-corrected chi connectivity index (χ2v) is 11.2. The monoisotopic (exact) mass is 513 g/mol. The molecule has 0 unspecified atom stereocenters. The van der Waals surface area contributed by atoms with Crippen LogP contribution in [0.2, 0.25) is 0 Å². The highest BCUT2D eigenvalue weighted by Crippen LogP contribution is 2.38. The predicted molar refractivity (Wildman–Crippen MR) is 151 cm³/mol. The molecule has 0 atom stereocenters. The van der Waals surface area contributed by atoms with E-state index in [0.717, 1.165) is 43.1 Å². The van der Waals surface area contributed by atoms with Crippen molar-refractivity contribution in [3.05, 3.63) is 65.0 Å². The summed E-state index contributed by atoms with van der Waals surface area (Å²) in [5.41, 5.74) is 8.39. The van der Waals surface area contributed by atoms with Crippen LogP contribution in [0.4, 0.5) is 0 Å². The van der Waals surface area contributed by atoms with Gasteiger partial charge in [-0.1, -0.05) is 19.9 Å². The van der Waals surface area contributed by atoms with Crippen molar-refractivity contribution in [2.75, 3.05) is 26.7 Å². The summed E-state index contributed by atoms with van der Waals surface area (Å²) in [5, 5.41) is 5.62. The Labute approximate surface area is 225 Å². The maximum Gasteiger partial charge on any atom is 0.236 e. The van der Waals surface area contributed by atoms with Crippen LogP contribution in [0.5, 0.6) is 0 Å². The molecule has 1 N–H and O–H groups in total. The maximum absolute atomic E-state index is 13.0. The van der Waals surface area contributed by atoms with Gasteiger partial charge in [0, 0.05) is 48.0 Å². The van der Waals surface area contributed by atoms with Crippen molar-refractivity contribution in [1.29, 1.82) is 0 Å². The molecule has 200 valence electrons. The van der Waals surface area contributed by atoms with Gasteiger partial charge in [-0.05, 0) is 81.0 Å². The van der Waals surface area contributed by atoms with Gasteiger partial charge in [0.05, 0.1) is 18.8 Å². The number of likely N-dealkylation sites (tertiary alicyclic amines) is 1. The normalized spacial score (nSPS) is 14.8. The first-order valence-corrected chi connectivity index (χ1v) is 13.6. The number of nitrogens with zero attached hydrogens (tertiary/aromatic N) is 6. The van der Waals surface area contributed by atoms with Crippen LogP contribution in [0.3, 0.4) is 0 Å². The molecule has 5 rings (SSSR count). The molecule has 1 saturated heterocycles. The van der Waals surface area contributed by atoms with E-state index < -0.39 is 0 Å². The topological polar surface area (TPSA) is 82.9 Å². The molecule has 3 aromatic heterocycles. The van der Waals surface area contributed by atoms with Crippen LogP contribution in [-0.4, -0.2) is 67.1 Å². The van der Waals surface area contributed by atoms with Crippen LogP contribution in [-0.2, 0) is 18.4 Å². The Morgan fingerprint density at radius 1 is 1.13 bits per heavy atom. The molecule has 0 saturated carbocycles. The number of carbonyl (C=O) groups is 1. The molecule has 0 radical (unpaired) electrons. The van der Waals surface area contributed by atoms with E-state index in [2.05, 4.69) is 78.1 Å². The largest absolute Gasteiger partial charge is 0.354 e. The number of hydrogen-bond acceptors (Lipinski definition) is 5.